The molecule has 0 bridgehead atoms. The van der Waals surface area contributed by atoms with Crippen molar-refractivity contribution in [3.8, 4) is 169 Å². The summed E-state index contributed by atoms with van der Waals surface area (Å²) in [6.45, 7) is 0. The molecule has 136 heavy (non-hydrogen) atoms. The Bertz CT molecular complexity index is 8820. The van der Waals surface area contributed by atoms with Crippen LogP contribution >= 0.6 is 0 Å². The molecular weight excluding hydrogens is 1660 g/mol. The van der Waals surface area contributed by atoms with Crippen LogP contribution in [0, 0.1) is 0 Å². The Labute approximate surface area is 782 Å². The van der Waals surface area contributed by atoms with Crippen LogP contribution in [0.25, 0.3) is 256 Å². The van der Waals surface area contributed by atoms with Gasteiger partial charge in [0.25, 0.3) is 0 Å². The third-order valence-electron chi connectivity index (χ3n) is 25.8. The van der Waals surface area contributed by atoms with Crippen molar-refractivity contribution in [2.75, 3.05) is 0 Å². The zero-order valence-corrected chi connectivity index (χ0v) is 73.3. The van der Waals surface area contributed by atoms with Crippen LogP contribution in [0.3, 0.4) is 0 Å². The molecule has 0 aliphatic rings. The number of pyridine rings is 2. The molecule has 0 amide bonds. The molecule has 26 rings (SSSR count). The molecule has 26 aromatic rings. The Kier molecular flexibility index (Phi) is 20.0. The van der Waals surface area contributed by atoms with Crippen molar-refractivity contribution in [3.63, 3.8) is 0 Å². The van der Waals surface area contributed by atoms with Gasteiger partial charge in [-0.2, -0.15) is 0 Å². The normalized spacial score (nSPS) is 11.5. The van der Waals surface area contributed by atoms with E-state index in [1.54, 1.807) is 0 Å². The number of aromatic nitrogens is 10. The molecule has 0 radical (unpaired) electrons. The van der Waals surface area contributed by atoms with Gasteiger partial charge in [-0.05, 0) is 141 Å². The summed E-state index contributed by atoms with van der Waals surface area (Å²) in [6, 6.07) is 160. The van der Waals surface area contributed by atoms with Crippen molar-refractivity contribution in [2.24, 2.45) is 0 Å². The third-order valence-corrected chi connectivity index (χ3v) is 25.8. The maximum atomic E-state index is 7.05. The second kappa shape index (κ2) is 34.1. The molecule has 0 N–H and O–H groups in total. The van der Waals surface area contributed by atoms with E-state index in [9.17, 15) is 0 Å². The van der Waals surface area contributed by atoms with E-state index in [0.29, 0.717) is 34.9 Å². The number of fused-ring (bicyclic) bond motifs is 14. The minimum Gasteiger partial charge on any atom is -0.454 e. The summed E-state index contributed by atoms with van der Waals surface area (Å²) in [5.41, 5.74) is 30.9. The third kappa shape index (κ3) is 14.2. The van der Waals surface area contributed by atoms with Gasteiger partial charge >= 0.3 is 0 Å². The topological polar surface area (TPSA) is 139 Å². The molecule has 0 saturated carbocycles. The number of nitrogens with zero attached hydrogens (tertiary/aromatic N) is 10. The van der Waals surface area contributed by atoms with Crippen molar-refractivity contribution in [1.29, 1.82) is 0 Å². The number of hydrogen-bond donors (Lipinski definition) is 0. The van der Waals surface area contributed by atoms with Crippen LogP contribution in [0.15, 0.2) is 482 Å². The summed E-state index contributed by atoms with van der Waals surface area (Å²) >= 11 is 0. The quantitative estimate of drug-likeness (QED) is 0.0918. The van der Waals surface area contributed by atoms with E-state index in [4.69, 9.17) is 48.7 Å². The maximum Gasteiger partial charge on any atom is 0.166 e. The maximum absolute atomic E-state index is 7.05. The van der Waals surface area contributed by atoms with E-state index < -0.39 is 0 Å². The standard InChI is InChI=1S/2C62H39N5O/c1-6-20-40(21-7-1)46-31-18-32-47(41-22-8-2-9-23-41)55(46)44-38-52(62-65-60(42-24-10-3-11-25-42)64-61(66-62)43-26-12-4-13-27-43)57(63-39-44)50-33-19-35-54-56(50)51-37-36-49-48-30-16-17-34-53(48)67(58(49)59(51)68-54)45-28-14-5-15-29-45;1-6-19-40(20-7-1)47-30-18-31-48(41-21-8-2-9-22-41)56(47)45-38-53(62-65-60(42-23-10-3-11-24-42)64-61(66-62)43-25-12-4-13-26-43)57(63-39-45)44-33-36-55-52(37-44)51-35-34-50-49-29-16-17-32-54(49)67(58(50)59(51)68-55)46-27-14-5-15-28-46/h2*1-39H. The molecule has 0 aliphatic carbocycles. The van der Waals surface area contributed by atoms with Crippen LogP contribution in [0.1, 0.15) is 0 Å². The molecule has 0 spiro atoms. The van der Waals surface area contributed by atoms with Crippen molar-refractivity contribution >= 4 is 87.5 Å². The molecule has 8 aromatic heterocycles. The summed E-state index contributed by atoms with van der Waals surface area (Å²) in [6.07, 6.45) is 4.01. The van der Waals surface area contributed by atoms with Gasteiger partial charge in [-0.15, -0.1) is 0 Å². The second-order valence-corrected chi connectivity index (χ2v) is 33.9. The van der Waals surface area contributed by atoms with Crippen LogP contribution in [0.4, 0.5) is 0 Å². The average molecular weight is 1740 g/mol. The summed E-state index contributed by atoms with van der Waals surface area (Å²) in [5, 5.41) is 8.57. The fourth-order valence-corrected chi connectivity index (χ4v) is 19.7. The lowest BCUT2D eigenvalue weighted by Gasteiger charge is -2.18. The lowest BCUT2D eigenvalue weighted by molar-refractivity contribution is 0.671. The van der Waals surface area contributed by atoms with Gasteiger partial charge in [-0.25, -0.2) is 29.9 Å². The van der Waals surface area contributed by atoms with Crippen LogP contribution in [-0.2, 0) is 0 Å². The molecule has 8 heterocycles. The molecule has 0 saturated heterocycles. The number of furan rings is 2. The van der Waals surface area contributed by atoms with Crippen LogP contribution in [0.5, 0.6) is 0 Å². The highest BCUT2D eigenvalue weighted by molar-refractivity contribution is 6.25. The fraction of sp³-hybridized carbons (Fsp3) is 0. The first-order valence-electron chi connectivity index (χ1n) is 45.6. The average Bonchev–Trinajstić information content (AvgIpc) is 1.52. The first-order valence-corrected chi connectivity index (χ1v) is 45.6. The van der Waals surface area contributed by atoms with Crippen molar-refractivity contribution in [2.45, 2.75) is 0 Å². The van der Waals surface area contributed by atoms with Gasteiger partial charge in [0.2, 0.25) is 0 Å². The van der Waals surface area contributed by atoms with E-state index in [1.807, 2.05) is 134 Å². The van der Waals surface area contributed by atoms with Crippen LogP contribution < -0.4 is 0 Å². The van der Waals surface area contributed by atoms with Crippen LogP contribution in [-0.4, -0.2) is 49.0 Å². The summed E-state index contributed by atoms with van der Waals surface area (Å²) in [7, 11) is 0. The van der Waals surface area contributed by atoms with Gasteiger partial charge in [0.15, 0.2) is 46.1 Å². The predicted octanol–water partition coefficient (Wildman–Crippen LogP) is 31.9. The second-order valence-electron chi connectivity index (χ2n) is 33.9. The summed E-state index contributed by atoms with van der Waals surface area (Å²) in [5.74, 6) is 3.33. The van der Waals surface area contributed by atoms with Crippen LogP contribution in [0.2, 0.25) is 0 Å². The first kappa shape index (κ1) is 79.6. The Morgan fingerprint density at radius 3 is 0.912 bits per heavy atom. The van der Waals surface area contributed by atoms with E-state index >= 15 is 0 Å². The van der Waals surface area contributed by atoms with Gasteiger partial charge in [0.05, 0.1) is 33.5 Å². The molecule has 12 heteroatoms. The van der Waals surface area contributed by atoms with Gasteiger partial charge < -0.3 is 18.0 Å². The number of benzene rings is 18. The van der Waals surface area contributed by atoms with Gasteiger partial charge in [-0.1, -0.05) is 376 Å². The SMILES string of the molecule is c1ccc(-c2nc(-c3ccccc3)nc(-c3cc(-c4c(-c5ccccc5)cccc4-c4ccccc4)cnc3-c3ccc4oc5c(ccc6c7ccccc7n(-c7ccccc7)c65)c4c3)n2)cc1.c1ccc(-c2nc(-c3ccccc3)nc(-c3cc(-c4c(-c5ccccc5)cccc4-c4ccccc4)cnc3-c3cccc4oc5c(ccc6c7ccccc7n(-c7ccccc7)c65)c34)n2)cc1. The highest BCUT2D eigenvalue weighted by Gasteiger charge is 2.29. The molecule has 12 nitrogen and oxygen atoms in total. The Balaban J connectivity index is 0.000000145. The van der Waals surface area contributed by atoms with E-state index in [-0.39, 0.29) is 0 Å². The lowest BCUT2D eigenvalue weighted by atomic mass is 9.87. The smallest absolute Gasteiger partial charge is 0.166 e. The van der Waals surface area contributed by atoms with Gasteiger partial charge in [-0.3, -0.25) is 9.97 Å². The zero-order valence-electron chi connectivity index (χ0n) is 73.3. The Hall–Kier alpha value is -18.5. The molecule has 0 aliphatic heterocycles. The minimum absolute atomic E-state index is 0.511. The molecule has 0 fully saturated rings. The Morgan fingerprint density at radius 1 is 0.184 bits per heavy atom. The predicted molar refractivity (Wildman–Crippen MR) is 555 cm³/mol. The molecule has 636 valence electrons. The van der Waals surface area contributed by atoms with E-state index in [2.05, 4.69) is 349 Å². The summed E-state index contributed by atoms with van der Waals surface area (Å²) in [4.78, 5) is 42.4. The molecule has 0 atom stereocenters. The first-order chi connectivity index (χ1) is 67.5. The number of para-hydroxylation sites is 4. The van der Waals surface area contributed by atoms with Crippen molar-refractivity contribution < 1.29 is 8.83 Å². The highest BCUT2D eigenvalue weighted by Crippen LogP contribution is 2.50. The van der Waals surface area contributed by atoms with Gasteiger partial charge in [0, 0.05) is 122 Å². The largest absolute Gasteiger partial charge is 0.454 e. The van der Waals surface area contributed by atoms with Crippen molar-refractivity contribution in [1.82, 2.24) is 49.0 Å². The number of hydrogen-bond acceptors (Lipinski definition) is 10. The zero-order chi connectivity index (χ0) is 89.9. The van der Waals surface area contributed by atoms with Gasteiger partial charge in [0.1, 0.15) is 11.2 Å². The summed E-state index contributed by atoms with van der Waals surface area (Å²) < 4.78 is 18.6. The fourth-order valence-electron chi connectivity index (χ4n) is 19.7. The lowest BCUT2D eigenvalue weighted by Crippen LogP contribution is -2.02. The molecular formula is C124H78N10O2. The molecule has 18 aromatic carbocycles. The minimum atomic E-state index is 0.511. The number of rotatable bonds is 16. The van der Waals surface area contributed by atoms with Crippen molar-refractivity contribution in [3.05, 3.63) is 473 Å². The monoisotopic (exact) mass is 1740 g/mol. The molecule has 0 unspecified atom stereocenters. The van der Waals surface area contributed by atoms with E-state index in [1.165, 1.54) is 5.39 Å². The van der Waals surface area contributed by atoms with E-state index in [0.717, 1.165) is 216 Å². The Morgan fingerprint density at radius 2 is 0.500 bits per heavy atom. The highest BCUT2D eigenvalue weighted by atomic mass is 16.3.